The maximum absolute atomic E-state index is 13.5. The number of aliphatic hydroxyl groups is 1. The molecule has 0 saturated carbocycles. The fourth-order valence-corrected chi connectivity index (χ4v) is 6.49. The topological polar surface area (TPSA) is 65.0 Å². The Morgan fingerprint density at radius 3 is 2.00 bits per heavy atom. The predicted molar refractivity (Wildman–Crippen MR) is 135 cm³/mol. The molecule has 0 aliphatic rings. The lowest BCUT2D eigenvalue weighted by atomic mass is 10.0. The van der Waals surface area contributed by atoms with Gasteiger partial charge in [-0.25, -0.2) is 0 Å². The summed E-state index contributed by atoms with van der Waals surface area (Å²) >= 11 is 0. The van der Waals surface area contributed by atoms with Crippen LogP contribution in [0.1, 0.15) is 81.1 Å². The van der Waals surface area contributed by atoms with Gasteiger partial charge >= 0.3 is 7.60 Å². The van der Waals surface area contributed by atoms with Crippen LogP contribution in [0.3, 0.4) is 0 Å². The van der Waals surface area contributed by atoms with Crippen LogP contribution in [0.2, 0.25) is 18.1 Å². The van der Waals surface area contributed by atoms with Crippen LogP contribution in [0.25, 0.3) is 0 Å². The third-order valence-corrected chi connectivity index (χ3v) is 13.3. The van der Waals surface area contributed by atoms with E-state index in [-0.39, 0.29) is 23.4 Å². The van der Waals surface area contributed by atoms with E-state index in [1.54, 1.807) is 0 Å². The van der Waals surface area contributed by atoms with Gasteiger partial charge in [0, 0.05) is 0 Å². The van der Waals surface area contributed by atoms with Gasteiger partial charge in [-0.2, -0.15) is 0 Å². The van der Waals surface area contributed by atoms with Gasteiger partial charge in [-0.1, -0.05) is 44.1 Å². The molecule has 0 amide bonds. The first kappa shape index (κ1) is 30.8. The summed E-state index contributed by atoms with van der Waals surface area (Å²) in [6.07, 6.45) is 7.48. The molecule has 2 atom stereocenters. The molecule has 31 heavy (non-hydrogen) atoms. The molecule has 0 saturated heterocycles. The van der Waals surface area contributed by atoms with Gasteiger partial charge in [-0.3, -0.25) is 4.57 Å². The summed E-state index contributed by atoms with van der Waals surface area (Å²) in [6, 6.07) is 0. The highest BCUT2D eigenvalue weighted by atomic mass is 31.2. The summed E-state index contributed by atoms with van der Waals surface area (Å²) in [5.74, 6) is 0. The summed E-state index contributed by atoms with van der Waals surface area (Å²) in [7, 11) is -5.32. The number of hydrogen-bond donors (Lipinski definition) is 1. The lowest BCUT2D eigenvalue weighted by molar-refractivity contribution is 0.141. The highest BCUT2D eigenvalue weighted by Crippen LogP contribution is 2.55. The zero-order valence-corrected chi connectivity index (χ0v) is 23.7. The third kappa shape index (κ3) is 11.0. The molecular weight excluding hydrogens is 427 g/mol. The Morgan fingerprint density at radius 2 is 1.55 bits per heavy atom. The van der Waals surface area contributed by atoms with Gasteiger partial charge in [0.2, 0.25) is 0 Å². The van der Waals surface area contributed by atoms with Gasteiger partial charge in [-0.15, -0.1) is 0 Å². The van der Waals surface area contributed by atoms with Gasteiger partial charge < -0.3 is 18.6 Å². The summed E-state index contributed by atoms with van der Waals surface area (Å²) in [4.78, 5) is 0. The summed E-state index contributed by atoms with van der Waals surface area (Å²) < 4.78 is 31.6. The number of rotatable bonds is 15. The van der Waals surface area contributed by atoms with Crippen LogP contribution >= 0.6 is 7.60 Å². The van der Waals surface area contributed by atoms with Crippen LogP contribution in [0, 0.1) is 0 Å². The first-order chi connectivity index (χ1) is 14.2. The van der Waals surface area contributed by atoms with E-state index >= 15 is 0 Å². The molecule has 0 aliphatic heterocycles. The molecule has 0 bridgehead atoms. The molecule has 7 heteroatoms. The van der Waals surface area contributed by atoms with Crippen molar-refractivity contribution < 1.29 is 23.1 Å². The number of hydrogen-bond acceptors (Lipinski definition) is 5. The molecule has 0 heterocycles. The lowest BCUT2D eigenvalue weighted by Gasteiger charge is -2.42. The normalized spacial score (nSPS) is 16.5. The van der Waals surface area contributed by atoms with Crippen molar-refractivity contribution in [3.63, 3.8) is 0 Å². The Bertz CT molecular complexity index is 612. The van der Waals surface area contributed by atoms with Crippen LogP contribution in [-0.4, -0.2) is 45.0 Å². The van der Waals surface area contributed by atoms with E-state index in [9.17, 15) is 4.57 Å². The van der Waals surface area contributed by atoms with E-state index in [0.717, 1.165) is 25.7 Å². The van der Waals surface area contributed by atoms with Crippen molar-refractivity contribution in [2.24, 2.45) is 0 Å². The average molecular weight is 477 g/mol. The molecule has 1 N–H and O–H groups in total. The standard InChI is InChI=1S/C24H49O5PSi/c1-11-27-30(26,28-12-2)22(5)23(29-31(9,10)24(6,7)8)17-16-20(3)14-13-15-21(4)18-19-25/h14,18,22-23,25H,11-13,15-17,19H2,1-10H3/b20-14+,21-18+. The minimum atomic E-state index is -3.26. The van der Waals surface area contributed by atoms with Crippen molar-refractivity contribution in [3.05, 3.63) is 23.3 Å². The second-order valence-electron chi connectivity index (χ2n) is 9.89. The molecule has 0 fully saturated rings. The molecule has 184 valence electrons. The minimum absolute atomic E-state index is 0.0631. The highest BCUT2D eigenvalue weighted by molar-refractivity contribution is 7.54. The molecule has 0 rings (SSSR count). The smallest absolute Gasteiger partial charge is 0.335 e. The molecule has 0 aromatic rings. The number of allylic oxidation sites excluding steroid dienone is 3. The van der Waals surface area contributed by atoms with Crippen LogP contribution in [-0.2, 0) is 18.0 Å². The van der Waals surface area contributed by atoms with Crippen molar-refractivity contribution in [2.75, 3.05) is 19.8 Å². The van der Waals surface area contributed by atoms with E-state index in [2.05, 4.69) is 46.9 Å². The first-order valence-corrected chi connectivity index (χ1v) is 16.2. The van der Waals surface area contributed by atoms with Crippen LogP contribution in [0.4, 0.5) is 0 Å². The second-order valence-corrected chi connectivity index (χ2v) is 17.1. The van der Waals surface area contributed by atoms with Crippen molar-refractivity contribution in [3.8, 4) is 0 Å². The molecule has 0 aromatic carbocycles. The van der Waals surface area contributed by atoms with Gasteiger partial charge in [-0.05, 0) is 78.4 Å². The van der Waals surface area contributed by atoms with Gasteiger partial charge in [0.15, 0.2) is 8.32 Å². The van der Waals surface area contributed by atoms with Gasteiger partial charge in [0.25, 0.3) is 0 Å². The monoisotopic (exact) mass is 476 g/mol. The Kier molecular flexibility index (Phi) is 14.0. The highest BCUT2D eigenvalue weighted by Gasteiger charge is 2.44. The maximum atomic E-state index is 13.5. The molecular formula is C24H49O5PSi. The predicted octanol–water partition coefficient (Wildman–Crippen LogP) is 7.48. The largest absolute Gasteiger partial charge is 0.413 e. The van der Waals surface area contributed by atoms with Gasteiger partial charge in [0.1, 0.15) is 0 Å². The zero-order valence-electron chi connectivity index (χ0n) is 21.8. The zero-order chi connectivity index (χ0) is 24.3. The molecule has 0 aliphatic carbocycles. The van der Waals surface area contributed by atoms with Crippen molar-refractivity contribution in [2.45, 2.75) is 111 Å². The van der Waals surface area contributed by atoms with Gasteiger partial charge in [0.05, 0.1) is 31.6 Å². The van der Waals surface area contributed by atoms with Crippen LogP contribution in [0.15, 0.2) is 23.3 Å². The minimum Gasteiger partial charge on any atom is -0.413 e. The molecule has 0 aromatic heterocycles. The lowest BCUT2D eigenvalue weighted by Crippen LogP contribution is -2.46. The second kappa shape index (κ2) is 14.1. The number of aliphatic hydroxyl groups excluding tert-OH is 1. The fourth-order valence-electron chi connectivity index (χ4n) is 3.07. The van der Waals surface area contributed by atoms with Crippen LogP contribution in [0.5, 0.6) is 0 Å². The summed E-state index contributed by atoms with van der Waals surface area (Å²) in [6.45, 7) is 21.8. The van der Waals surface area contributed by atoms with E-state index in [1.165, 1.54) is 11.1 Å². The quantitative estimate of drug-likeness (QED) is 0.151. The van der Waals surface area contributed by atoms with E-state index in [4.69, 9.17) is 18.6 Å². The fraction of sp³-hybridized carbons (Fsp3) is 0.833. The third-order valence-electron chi connectivity index (χ3n) is 6.20. The Balaban J connectivity index is 5.50. The molecule has 5 nitrogen and oxygen atoms in total. The van der Waals surface area contributed by atoms with Crippen molar-refractivity contribution in [1.82, 2.24) is 0 Å². The summed E-state index contributed by atoms with van der Waals surface area (Å²) in [5, 5.41) is 9.05. The summed E-state index contributed by atoms with van der Waals surface area (Å²) in [5.41, 5.74) is 2.17. The Labute approximate surface area is 193 Å². The Hall–Kier alpha value is -0.233. The van der Waals surface area contributed by atoms with Crippen molar-refractivity contribution in [1.29, 1.82) is 0 Å². The van der Waals surface area contributed by atoms with E-state index in [1.807, 2.05) is 33.8 Å². The Morgan fingerprint density at radius 1 is 1.03 bits per heavy atom. The molecule has 0 spiro atoms. The van der Waals surface area contributed by atoms with Crippen molar-refractivity contribution >= 4 is 15.9 Å². The SMILES string of the molecule is CCOP(=O)(OCC)C(C)C(CC/C(C)=C/CC/C(C)=C/CO)O[Si](C)(C)C(C)(C)C. The molecule has 0 radical (unpaired) electrons. The maximum Gasteiger partial charge on any atom is 0.335 e. The van der Waals surface area contributed by atoms with E-state index in [0.29, 0.717) is 13.2 Å². The molecule has 2 unspecified atom stereocenters. The van der Waals surface area contributed by atoms with Crippen LogP contribution < -0.4 is 0 Å². The van der Waals surface area contributed by atoms with E-state index < -0.39 is 15.9 Å². The first-order valence-electron chi connectivity index (χ1n) is 11.7. The average Bonchev–Trinajstić information content (AvgIpc) is 2.64.